The van der Waals surface area contributed by atoms with Crippen LogP contribution in [0.25, 0.3) is 0 Å². The fraction of sp³-hybridized carbons (Fsp3) is 0.385. The first-order valence-electron chi connectivity index (χ1n) is 5.53. The van der Waals surface area contributed by atoms with Gasteiger partial charge in [0, 0.05) is 11.0 Å². The summed E-state index contributed by atoms with van der Waals surface area (Å²) in [5, 5.41) is 3.28. The number of nitrogens with one attached hydrogen (secondary N) is 1. The molecule has 0 aliphatic carbocycles. The molecular formula is C13H19BrClNO2. The zero-order valence-electron chi connectivity index (χ0n) is 10.7. The maximum atomic E-state index is 5.52. The summed E-state index contributed by atoms with van der Waals surface area (Å²) >= 11 is 3.53. The average Bonchev–Trinajstić information content (AvgIpc) is 2.35. The highest BCUT2D eigenvalue weighted by atomic mass is 79.9. The van der Waals surface area contributed by atoms with Crippen LogP contribution >= 0.6 is 28.3 Å². The van der Waals surface area contributed by atoms with Crippen molar-refractivity contribution in [2.45, 2.75) is 13.5 Å². The second kappa shape index (κ2) is 9.25. The number of halogens is 2. The highest BCUT2D eigenvalue weighted by Crippen LogP contribution is 2.33. The van der Waals surface area contributed by atoms with Gasteiger partial charge in [-0.2, -0.15) is 0 Å². The summed E-state index contributed by atoms with van der Waals surface area (Å²) in [6, 6.07) is 3.90. The fourth-order valence-corrected chi connectivity index (χ4v) is 1.86. The van der Waals surface area contributed by atoms with Crippen LogP contribution < -0.4 is 14.8 Å². The molecule has 1 aromatic carbocycles. The molecule has 0 unspecified atom stereocenters. The van der Waals surface area contributed by atoms with Gasteiger partial charge in [0.05, 0.1) is 7.11 Å². The van der Waals surface area contributed by atoms with E-state index in [9.17, 15) is 0 Å². The molecule has 0 heterocycles. The molecule has 102 valence electrons. The predicted octanol–water partition coefficient (Wildman–Crippen LogP) is 3.55. The average molecular weight is 337 g/mol. The Morgan fingerprint density at radius 3 is 2.67 bits per heavy atom. The van der Waals surface area contributed by atoms with Crippen molar-refractivity contribution >= 4 is 28.3 Å². The molecule has 0 aliphatic rings. The van der Waals surface area contributed by atoms with E-state index in [0.29, 0.717) is 6.61 Å². The van der Waals surface area contributed by atoms with E-state index in [2.05, 4.69) is 34.7 Å². The van der Waals surface area contributed by atoms with Gasteiger partial charge in [-0.3, -0.25) is 0 Å². The van der Waals surface area contributed by atoms with Gasteiger partial charge in [-0.1, -0.05) is 35.5 Å². The molecule has 0 aliphatic heterocycles. The molecule has 1 rings (SSSR count). The lowest BCUT2D eigenvalue weighted by molar-refractivity contribution is 0.326. The van der Waals surface area contributed by atoms with E-state index in [0.717, 1.165) is 34.6 Å². The van der Waals surface area contributed by atoms with Crippen molar-refractivity contribution in [1.29, 1.82) is 0 Å². The molecule has 1 N–H and O–H groups in total. The minimum Gasteiger partial charge on any atom is -0.493 e. The van der Waals surface area contributed by atoms with E-state index in [1.807, 2.05) is 12.1 Å². The Kier molecular flexibility index (Phi) is 8.89. The molecule has 0 spiro atoms. The molecule has 0 radical (unpaired) electrons. The Morgan fingerprint density at radius 1 is 1.39 bits per heavy atom. The minimum atomic E-state index is 0. The van der Waals surface area contributed by atoms with Gasteiger partial charge in [0.15, 0.2) is 11.5 Å². The standard InChI is InChI=1S/C13H18BrNO2.ClH/c1-4-6-17-13-8-11(14)10(9-15-5-2)7-12(13)16-3;/h4,7-8,15H,1,5-6,9H2,2-3H3;1H. The van der Waals surface area contributed by atoms with Gasteiger partial charge < -0.3 is 14.8 Å². The van der Waals surface area contributed by atoms with Gasteiger partial charge in [0.2, 0.25) is 0 Å². The van der Waals surface area contributed by atoms with Crippen molar-refractivity contribution < 1.29 is 9.47 Å². The lowest BCUT2D eigenvalue weighted by Gasteiger charge is -2.13. The molecule has 0 aromatic heterocycles. The number of methoxy groups -OCH3 is 1. The lowest BCUT2D eigenvalue weighted by atomic mass is 10.2. The van der Waals surface area contributed by atoms with Gasteiger partial charge in [-0.25, -0.2) is 0 Å². The summed E-state index contributed by atoms with van der Waals surface area (Å²) < 4.78 is 11.8. The summed E-state index contributed by atoms with van der Waals surface area (Å²) in [5.74, 6) is 1.46. The Balaban J connectivity index is 0.00000289. The maximum absolute atomic E-state index is 5.52. The normalized spacial score (nSPS) is 9.50. The minimum absolute atomic E-state index is 0. The van der Waals surface area contributed by atoms with Crippen LogP contribution in [0.15, 0.2) is 29.3 Å². The van der Waals surface area contributed by atoms with Crippen LogP contribution in [0.4, 0.5) is 0 Å². The number of benzene rings is 1. The molecular weight excluding hydrogens is 318 g/mol. The first-order chi connectivity index (χ1) is 8.22. The van der Waals surface area contributed by atoms with Crippen LogP contribution in [-0.4, -0.2) is 20.3 Å². The highest BCUT2D eigenvalue weighted by molar-refractivity contribution is 9.10. The Morgan fingerprint density at radius 2 is 2.11 bits per heavy atom. The summed E-state index contributed by atoms with van der Waals surface area (Å²) in [7, 11) is 1.64. The molecule has 0 amide bonds. The largest absolute Gasteiger partial charge is 0.493 e. The van der Waals surface area contributed by atoms with Crippen LogP contribution in [0.3, 0.4) is 0 Å². The van der Waals surface area contributed by atoms with Crippen molar-refractivity contribution in [2.24, 2.45) is 0 Å². The molecule has 0 saturated heterocycles. The van der Waals surface area contributed by atoms with Gasteiger partial charge in [0.1, 0.15) is 6.61 Å². The van der Waals surface area contributed by atoms with Crippen molar-refractivity contribution in [3.63, 3.8) is 0 Å². The van der Waals surface area contributed by atoms with Crippen LogP contribution in [-0.2, 0) is 6.54 Å². The first kappa shape index (κ1) is 17.3. The third-order valence-corrected chi connectivity index (χ3v) is 2.99. The van der Waals surface area contributed by atoms with Gasteiger partial charge in [0.25, 0.3) is 0 Å². The summed E-state index contributed by atoms with van der Waals surface area (Å²) in [5.41, 5.74) is 1.15. The molecule has 0 fully saturated rings. The van der Waals surface area contributed by atoms with E-state index in [-0.39, 0.29) is 12.4 Å². The molecule has 18 heavy (non-hydrogen) atoms. The van der Waals surface area contributed by atoms with Crippen molar-refractivity contribution in [3.8, 4) is 11.5 Å². The lowest BCUT2D eigenvalue weighted by Crippen LogP contribution is -2.12. The molecule has 0 saturated carbocycles. The summed E-state index contributed by atoms with van der Waals surface area (Å²) in [4.78, 5) is 0. The van der Waals surface area contributed by atoms with Crippen LogP contribution in [0.2, 0.25) is 0 Å². The van der Waals surface area contributed by atoms with Crippen molar-refractivity contribution in [1.82, 2.24) is 5.32 Å². The molecule has 1 aromatic rings. The SMILES string of the molecule is C=CCOc1cc(Br)c(CNCC)cc1OC.Cl. The fourth-order valence-electron chi connectivity index (χ4n) is 1.39. The maximum Gasteiger partial charge on any atom is 0.162 e. The van der Waals surface area contributed by atoms with Crippen molar-refractivity contribution in [3.05, 3.63) is 34.8 Å². The van der Waals surface area contributed by atoms with E-state index in [4.69, 9.17) is 9.47 Å². The Labute approximate surface area is 123 Å². The number of ether oxygens (including phenoxy) is 2. The second-order valence-electron chi connectivity index (χ2n) is 3.47. The van der Waals surface area contributed by atoms with Gasteiger partial charge >= 0.3 is 0 Å². The molecule has 0 atom stereocenters. The number of hydrogen-bond donors (Lipinski definition) is 1. The zero-order chi connectivity index (χ0) is 12.7. The van der Waals surface area contributed by atoms with E-state index in [1.165, 1.54) is 0 Å². The zero-order valence-corrected chi connectivity index (χ0v) is 13.1. The Hall–Kier alpha value is -0.710. The topological polar surface area (TPSA) is 30.5 Å². The predicted molar refractivity (Wildman–Crippen MR) is 81.0 cm³/mol. The van der Waals surface area contributed by atoms with E-state index in [1.54, 1.807) is 13.2 Å². The summed E-state index contributed by atoms with van der Waals surface area (Å²) in [6.07, 6.45) is 1.71. The van der Waals surface area contributed by atoms with Crippen molar-refractivity contribution in [2.75, 3.05) is 20.3 Å². The van der Waals surface area contributed by atoms with Crippen LogP contribution in [0.5, 0.6) is 11.5 Å². The number of rotatable bonds is 7. The molecule has 3 nitrogen and oxygen atoms in total. The van der Waals surface area contributed by atoms with Crippen LogP contribution in [0.1, 0.15) is 12.5 Å². The molecule has 5 heteroatoms. The van der Waals surface area contributed by atoms with E-state index < -0.39 is 0 Å². The monoisotopic (exact) mass is 335 g/mol. The van der Waals surface area contributed by atoms with Crippen LogP contribution in [0, 0.1) is 0 Å². The molecule has 0 bridgehead atoms. The first-order valence-corrected chi connectivity index (χ1v) is 6.33. The third-order valence-electron chi connectivity index (χ3n) is 2.25. The summed E-state index contributed by atoms with van der Waals surface area (Å²) in [6.45, 7) is 7.90. The number of hydrogen-bond acceptors (Lipinski definition) is 3. The third kappa shape index (κ3) is 4.88. The highest BCUT2D eigenvalue weighted by Gasteiger charge is 2.09. The Bertz CT molecular complexity index is 385. The van der Waals surface area contributed by atoms with Gasteiger partial charge in [-0.15, -0.1) is 12.4 Å². The van der Waals surface area contributed by atoms with E-state index >= 15 is 0 Å². The smallest absolute Gasteiger partial charge is 0.162 e. The quantitative estimate of drug-likeness (QED) is 0.772. The second-order valence-corrected chi connectivity index (χ2v) is 4.33. The van der Waals surface area contributed by atoms with Gasteiger partial charge in [-0.05, 0) is 24.2 Å².